The van der Waals surface area contributed by atoms with Gasteiger partial charge in [-0.1, -0.05) is 28.1 Å². The topological polar surface area (TPSA) is 4.36 Å². The Kier molecular flexibility index (Phi) is 5.00. The lowest BCUT2D eigenvalue weighted by Gasteiger charge is -2.26. The summed E-state index contributed by atoms with van der Waals surface area (Å²) in [5, 5.41) is 0. The monoisotopic (exact) mass is 232 g/mol. The molecule has 1 rings (SSSR count). The van der Waals surface area contributed by atoms with Crippen LogP contribution >= 0.6 is 0 Å². The van der Waals surface area contributed by atoms with Gasteiger partial charge in [-0.2, -0.15) is 0 Å². The predicted octanol–water partition coefficient (Wildman–Crippen LogP) is 5.20. The van der Waals surface area contributed by atoms with E-state index < -0.39 is 0 Å². The molecular weight excluding hydrogens is 206 g/mol. The van der Waals surface area contributed by atoms with Crippen molar-refractivity contribution in [3.05, 3.63) is 28.1 Å². The molecule has 1 heteroatoms. The fourth-order valence-corrected chi connectivity index (χ4v) is 2.56. The Morgan fingerprint density at radius 1 is 1.59 bits per heavy atom. The molecule has 1 nitrogen and oxygen atoms in total. The zero-order chi connectivity index (χ0) is 12.9. The van der Waals surface area contributed by atoms with E-state index in [1.807, 2.05) is 0 Å². The number of rotatable bonds is 4. The van der Waals surface area contributed by atoms with Crippen molar-refractivity contribution in [2.24, 2.45) is 5.92 Å². The van der Waals surface area contributed by atoms with Crippen molar-refractivity contribution >= 4 is 0 Å². The summed E-state index contributed by atoms with van der Waals surface area (Å²) in [6.45, 7) is 14.4. The third-order valence-electron chi connectivity index (χ3n) is 4.02. The number of hydrogen-bond acceptors (Lipinski definition) is 0. The molecule has 0 aliphatic heterocycles. The molecule has 0 heterocycles. The molecule has 0 fully saturated rings. The molecule has 0 radical (unpaired) electrons. The largest absolute Gasteiger partial charge is 0.281 e. The Balaban J connectivity index is 2.63. The normalized spacial score (nSPS) is 23.2. The van der Waals surface area contributed by atoms with E-state index in [9.17, 15) is 0 Å². The van der Waals surface area contributed by atoms with Gasteiger partial charge in [0.05, 0.1) is 0 Å². The maximum Gasteiger partial charge on any atom is 0.281 e. The van der Waals surface area contributed by atoms with E-state index in [2.05, 4.69) is 44.7 Å². The lowest BCUT2D eigenvalue weighted by molar-refractivity contribution is 0.302. The first-order chi connectivity index (χ1) is 7.98. The molecule has 0 saturated heterocycles. The second kappa shape index (κ2) is 6.05. The van der Waals surface area contributed by atoms with Crippen LogP contribution in [0, 0.1) is 12.5 Å². The Bertz CT molecular complexity index is 352. The Morgan fingerprint density at radius 2 is 2.29 bits per heavy atom. The quantitative estimate of drug-likeness (QED) is 0.587. The third-order valence-corrected chi connectivity index (χ3v) is 4.02. The van der Waals surface area contributed by atoms with Gasteiger partial charge in [0.2, 0.25) is 0 Å². The lowest BCUT2D eigenvalue weighted by atomic mass is 9.74. The van der Waals surface area contributed by atoms with Crippen molar-refractivity contribution in [1.29, 1.82) is 0 Å². The summed E-state index contributed by atoms with van der Waals surface area (Å²) in [6.07, 6.45) is 10.4. The van der Waals surface area contributed by atoms with E-state index in [-0.39, 0.29) is 5.54 Å². The summed E-state index contributed by atoms with van der Waals surface area (Å²) >= 11 is 0. The molecule has 1 aliphatic carbocycles. The Labute approximate surface area is 106 Å². The Morgan fingerprint density at radius 3 is 2.76 bits per heavy atom. The number of nitrogens with zero attached hydrogens (tertiary/aromatic N) is 1. The van der Waals surface area contributed by atoms with Crippen molar-refractivity contribution in [1.82, 2.24) is 0 Å². The van der Waals surface area contributed by atoms with E-state index in [0.29, 0.717) is 5.92 Å². The van der Waals surface area contributed by atoms with Crippen molar-refractivity contribution in [2.75, 3.05) is 0 Å². The molecular formula is C16H26N+. The average molecular weight is 232 g/mol. The van der Waals surface area contributed by atoms with Crippen LogP contribution in [-0.2, 0) is 0 Å². The van der Waals surface area contributed by atoms with E-state index in [4.69, 9.17) is 6.57 Å². The fraction of sp³-hybridized carbons (Fsp3) is 0.688. The first kappa shape index (κ1) is 14.0. The fourth-order valence-electron chi connectivity index (χ4n) is 2.56. The van der Waals surface area contributed by atoms with Gasteiger partial charge in [-0.3, -0.25) is 0 Å². The maximum atomic E-state index is 5.67. The Hall–Kier alpha value is -1.03. The SMILES string of the molecule is C#[N+]C(C)(CCC=C(C)C)C1CC=C(C)CC1. The zero-order valence-electron chi connectivity index (χ0n) is 11.8. The summed E-state index contributed by atoms with van der Waals surface area (Å²) in [7, 11) is 0. The van der Waals surface area contributed by atoms with Crippen LogP contribution in [0.3, 0.4) is 0 Å². The summed E-state index contributed by atoms with van der Waals surface area (Å²) in [4.78, 5) is 4.21. The number of hydrogen-bond donors (Lipinski definition) is 0. The van der Waals surface area contributed by atoms with Crippen LogP contribution in [-0.4, -0.2) is 5.54 Å². The van der Waals surface area contributed by atoms with Gasteiger partial charge < -0.3 is 0 Å². The molecule has 1 aliphatic rings. The molecule has 0 aromatic carbocycles. The van der Waals surface area contributed by atoms with Gasteiger partial charge in [-0.25, -0.2) is 0 Å². The third kappa shape index (κ3) is 4.04. The van der Waals surface area contributed by atoms with E-state index in [1.165, 1.54) is 24.0 Å². The molecule has 0 saturated carbocycles. The minimum atomic E-state index is -0.0524. The van der Waals surface area contributed by atoms with Crippen LogP contribution in [0.4, 0.5) is 0 Å². The first-order valence-electron chi connectivity index (χ1n) is 6.69. The van der Waals surface area contributed by atoms with E-state index in [0.717, 1.165) is 19.3 Å². The summed E-state index contributed by atoms with van der Waals surface area (Å²) in [5.74, 6) is 0.613. The van der Waals surface area contributed by atoms with Gasteiger partial charge in [-0.05, 0) is 46.5 Å². The highest BCUT2D eigenvalue weighted by atomic mass is 14.8. The highest BCUT2D eigenvalue weighted by molar-refractivity contribution is 5.11. The number of allylic oxidation sites excluding steroid dienone is 4. The molecule has 2 unspecified atom stereocenters. The smallest absolute Gasteiger partial charge is 0.0856 e. The van der Waals surface area contributed by atoms with Gasteiger partial charge >= 0.3 is 0 Å². The predicted molar refractivity (Wildman–Crippen MR) is 76.5 cm³/mol. The first-order valence-corrected chi connectivity index (χ1v) is 6.69. The molecule has 0 spiro atoms. The molecule has 17 heavy (non-hydrogen) atoms. The van der Waals surface area contributed by atoms with Crippen LogP contribution in [0.1, 0.15) is 59.8 Å². The van der Waals surface area contributed by atoms with Crippen LogP contribution in [0.25, 0.3) is 4.85 Å². The molecule has 0 N–H and O–H groups in total. The van der Waals surface area contributed by atoms with E-state index >= 15 is 0 Å². The minimum absolute atomic E-state index is 0.0524. The molecule has 0 aromatic rings. The second-order valence-corrected chi connectivity index (χ2v) is 5.83. The summed E-state index contributed by atoms with van der Waals surface area (Å²) < 4.78 is 0. The standard InChI is InChI=1S/C16H26N/c1-13(2)7-6-12-16(4,17-5)15-10-8-14(3)9-11-15/h5,7-8,15H,6,9-12H2,1-4H3/q+1. The molecule has 0 bridgehead atoms. The zero-order valence-corrected chi connectivity index (χ0v) is 11.8. The summed E-state index contributed by atoms with van der Waals surface area (Å²) in [6, 6.07) is 0. The van der Waals surface area contributed by atoms with E-state index in [1.54, 1.807) is 0 Å². The van der Waals surface area contributed by atoms with Gasteiger partial charge in [0, 0.05) is 19.3 Å². The van der Waals surface area contributed by atoms with Crippen molar-refractivity contribution < 1.29 is 0 Å². The highest BCUT2D eigenvalue weighted by Crippen LogP contribution is 2.37. The van der Waals surface area contributed by atoms with Gasteiger partial charge in [-0.15, -0.1) is 0 Å². The van der Waals surface area contributed by atoms with Crippen molar-refractivity contribution in [3.8, 4) is 6.57 Å². The average Bonchev–Trinajstić information content (AvgIpc) is 2.29. The molecule has 94 valence electrons. The molecule has 2 atom stereocenters. The summed E-state index contributed by atoms with van der Waals surface area (Å²) in [5.41, 5.74) is 2.84. The second-order valence-electron chi connectivity index (χ2n) is 5.83. The van der Waals surface area contributed by atoms with Crippen molar-refractivity contribution in [2.45, 2.75) is 65.3 Å². The van der Waals surface area contributed by atoms with Crippen LogP contribution in [0.15, 0.2) is 23.3 Å². The van der Waals surface area contributed by atoms with Crippen LogP contribution < -0.4 is 0 Å². The van der Waals surface area contributed by atoms with Crippen LogP contribution in [0.5, 0.6) is 0 Å². The van der Waals surface area contributed by atoms with Gasteiger partial charge in [0.15, 0.2) is 0 Å². The maximum absolute atomic E-state index is 5.67. The van der Waals surface area contributed by atoms with Gasteiger partial charge in [0.1, 0.15) is 0 Å². The lowest BCUT2D eigenvalue weighted by Crippen LogP contribution is -2.32. The minimum Gasteiger partial charge on any atom is -0.0856 e. The molecule has 0 amide bonds. The van der Waals surface area contributed by atoms with Crippen molar-refractivity contribution in [3.63, 3.8) is 0 Å². The molecule has 0 aromatic heterocycles. The van der Waals surface area contributed by atoms with Crippen LogP contribution in [0.2, 0.25) is 0 Å². The van der Waals surface area contributed by atoms with Gasteiger partial charge in [0.25, 0.3) is 12.1 Å². The highest BCUT2D eigenvalue weighted by Gasteiger charge is 2.42.